The summed E-state index contributed by atoms with van der Waals surface area (Å²) in [6, 6.07) is 8.35. The van der Waals surface area contributed by atoms with E-state index < -0.39 is 6.10 Å². The number of aryl methyl sites for hydroxylation is 2. The molecule has 152 valence electrons. The Balaban J connectivity index is 1.63. The summed E-state index contributed by atoms with van der Waals surface area (Å²) >= 11 is 0. The molecule has 0 radical (unpaired) electrons. The molecule has 0 spiro atoms. The fourth-order valence-corrected chi connectivity index (χ4v) is 3.64. The van der Waals surface area contributed by atoms with Gasteiger partial charge in [0.2, 0.25) is 0 Å². The Bertz CT molecular complexity index is 826. The van der Waals surface area contributed by atoms with Gasteiger partial charge in [0.1, 0.15) is 23.8 Å². The van der Waals surface area contributed by atoms with Crippen LogP contribution in [0.3, 0.4) is 0 Å². The Kier molecular flexibility index (Phi) is 6.42. The van der Waals surface area contributed by atoms with Gasteiger partial charge in [-0.15, -0.1) is 0 Å². The van der Waals surface area contributed by atoms with Crippen LogP contribution >= 0.6 is 0 Å². The monoisotopic (exact) mass is 389 g/mol. The summed E-state index contributed by atoms with van der Waals surface area (Å²) in [6.07, 6.45) is -0.312. The summed E-state index contributed by atoms with van der Waals surface area (Å²) < 4.78 is 29.8. The average Bonchev–Trinajstić information content (AvgIpc) is 2.67. The van der Waals surface area contributed by atoms with Crippen molar-refractivity contribution in [3.05, 3.63) is 52.8 Å². The van der Waals surface area contributed by atoms with Crippen molar-refractivity contribution in [1.82, 2.24) is 4.90 Å². The third-order valence-electron chi connectivity index (χ3n) is 5.26. The Labute approximate surface area is 165 Å². The summed E-state index contributed by atoms with van der Waals surface area (Å²) in [5.74, 6) is 1.29. The maximum absolute atomic E-state index is 13.4. The largest absolute Gasteiger partial charge is 0.496 e. The predicted molar refractivity (Wildman–Crippen MR) is 106 cm³/mol. The number of β-amino-alcohol motifs (C(OH)–C–C–N with tert-alkyl or cyclic N) is 1. The van der Waals surface area contributed by atoms with Crippen molar-refractivity contribution >= 4 is 0 Å². The Morgan fingerprint density at radius 2 is 1.79 bits per heavy atom. The van der Waals surface area contributed by atoms with E-state index in [0.29, 0.717) is 24.5 Å². The highest BCUT2D eigenvalue weighted by atomic mass is 19.1. The molecule has 1 fully saturated rings. The molecular formula is C22H28FNO4. The van der Waals surface area contributed by atoms with Crippen molar-refractivity contribution in [2.75, 3.05) is 27.3 Å². The van der Waals surface area contributed by atoms with Crippen LogP contribution in [0.2, 0.25) is 0 Å². The van der Waals surface area contributed by atoms with Gasteiger partial charge >= 0.3 is 0 Å². The lowest BCUT2D eigenvalue weighted by Crippen LogP contribution is -2.48. The molecule has 0 aromatic heterocycles. The minimum Gasteiger partial charge on any atom is -0.496 e. The first-order chi connectivity index (χ1) is 13.4. The van der Waals surface area contributed by atoms with Gasteiger partial charge in [0.15, 0.2) is 11.5 Å². The molecule has 0 saturated carbocycles. The molecule has 0 amide bonds. The second-order valence-electron chi connectivity index (χ2n) is 7.29. The first-order valence-corrected chi connectivity index (χ1v) is 9.46. The third kappa shape index (κ3) is 4.56. The van der Waals surface area contributed by atoms with Crippen molar-refractivity contribution < 1.29 is 23.7 Å². The normalized spacial score (nSPS) is 20.1. The SMILES string of the molecule is COc1cc(C)c(CN2CC[C@@H](Oc3ccc(F)cc3OC)[C@H](O)C2)cc1C. The van der Waals surface area contributed by atoms with E-state index in [9.17, 15) is 9.50 Å². The van der Waals surface area contributed by atoms with Crippen LogP contribution in [0.4, 0.5) is 4.39 Å². The van der Waals surface area contributed by atoms with E-state index in [4.69, 9.17) is 14.2 Å². The van der Waals surface area contributed by atoms with Crippen LogP contribution in [-0.2, 0) is 6.54 Å². The van der Waals surface area contributed by atoms with Crippen molar-refractivity contribution in [2.45, 2.75) is 39.0 Å². The zero-order chi connectivity index (χ0) is 20.3. The van der Waals surface area contributed by atoms with E-state index in [-0.39, 0.29) is 11.9 Å². The van der Waals surface area contributed by atoms with E-state index in [2.05, 4.69) is 24.0 Å². The van der Waals surface area contributed by atoms with Crippen LogP contribution in [0.25, 0.3) is 0 Å². The van der Waals surface area contributed by atoms with Gasteiger partial charge in [-0.05, 0) is 55.2 Å². The van der Waals surface area contributed by atoms with E-state index in [1.807, 2.05) is 6.92 Å². The van der Waals surface area contributed by atoms with Crippen molar-refractivity contribution in [3.8, 4) is 17.2 Å². The molecule has 1 N–H and O–H groups in total. The lowest BCUT2D eigenvalue weighted by molar-refractivity contribution is -0.0283. The van der Waals surface area contributed by atoms with Crippen molar-refractivity contribution in [3.63, 3.8) is 0 Å². The molecule has 6 heteroatoms. The number of benzene rings is 2. The Hall–Kier alpha value is -2.31. The predicted octanol–water partition coefficient (Wildman–Crippen LogP) is 3.47. The molecule has 5 nitrogen and oxygen atoms in total. The molecule has 0 aliphatic carbocycles. The number of nitrogens with zero attached hydrogens (tertiary/aromatic N) is 1. The fourth-order valence-electron chi connectivity index (χ4n) is 3.64. The standard InChI is InChI=1S/C22H28FNO4/c1-14-10-21(26-3)15(2)9-16(14)12-24-8-7-19(18(25)13-24)28-20-6-5-17(23)11-22(20)27-4/h5-6,9-11,18-19,25H,7-8,12-13H2,1-4H3/t18-,19-/m1/s1. The number of aliphatic hydroxyl groups excluding tert-OH is 1. The van der Waals surface area contributed by atoms with Gasteiger partial charge in [-0.1, -0.05) is 6.07 Å². The van der Waals surface area contributed by atoms with E-state index in [1.54, 1.807) is 7.11 Å². The van der Waals surface area contributed by atoms with Gasteiger partial charge in [0.25, 0.3) is 0 Å². The molecule has 1 heterocycles. The fraction of sp³-hybridized carbons (Fsp3) is 0.455. The zero-order valence-corrected chi connectivity index (χ0v) is 16.9. The quantitative estimate of drug-likeness (QED) is 0.820. The summed E-state index contributed by atoms with van der Waals surface area (Å²) in [5.41, 5.74) is 3.50. The molecule has 0 bridgehead atoms. The smallest absolute Gasteiger partial charge is 0.163 e. The van der Waals surface area contributed by atoms with E-state index in [0.717, 1.165) is 24.4 Å². The van der Waals surface area contributed by atoms with Crippen LogP contribution < -0.4 is 14.2 Å². The number of methoxy groups -OCH3 is 2. The van der Waals surface area contributed by atoms with Gasteiger partial charge in [0.05, 0.1) is 14.2 Å². The molecule has 1 saturated heterocycles. The molecule has 1 aliphatic heterocycles. The highest BCUT2D eigenvalue weighted by Gasteiger charge is 2.30. The Morgan fingerprint density at radius 3 is 2.46 bits per heavy atom. The molecule has 3 rings (SSSR count). The highest BCUT2D eigenvalue weighted by Crippen LogP contribution is 2.31. The van der Waals surface area contributed by atoms with Gasteiger partial charge in [-0.25, -0.2) is 4.39 Å². The number of rotatable bonds is 6. The Morgan fingerprint density at radius 1 is 1.04 bits per heavy atom. The third-order valence-corrected chi connectivity index (χ3v) is 5.26. The maximum atomic E-state index is 13.4. The molecule has 2 aromatic rings. The van der Waals surface area contributed by atoms with Crippen LogP contribution in [-0.4, -0.2) is 49.5 Å². The second kappa shape index (κ2) is 8.80. The van der Waals surface area contributed by atoms with Crippen LogP contribution in [0.1, 0.15) is 23.1 Å². The number of likely N-dealkylation sites (tertiary alicyclic amines) is 1. The second-order valence-corrected chi connectivity index (χ2v) is 7.29. The minimum absolute atomic E-state index is 0.332. The van der Waals surface area contributed by atoms with Crippen molar-refractivity contribution in [2.24, 2.45) is 0 Å². The summed E-state index contributed by atoms with van der Waals surface area (Å²) in [7, 11) is 3.15. The van der Waals surface area contributed by atoms with Gasteiger partial charge in [-0.2, -0.15) is 0 Å². The number of halogens is 1. The van der Waals surface area contributed by atoms with Gasteiger partial charge in [-0.3, -0.25) is 4.90 Å². The van der Waals surface area contributed by atoms with Gasteiger partial charge < -0.3 is 19.3 Å². The minimum atomic E-state index is -0.636. The zero-order valence-electron chi connectivity index (χ0n) is 16.9. The van der Waals surface area contributed by atoms with Gasteiger partial charge in [0, 0.05) is 25.7 Å². The number of hydrogen-bond donors (Lipinski definition) is 1. The lowest BCUT2D eigenvalue weighted by Gasteiger charge is -2.36. The van der Waals surface area contributed by atoms with Crippen LogP contribution in [0.5, 0.6) is 17.2 Å². The maximum Gasteiger partial charge on any atom is 0.163 e. The first kappa shape index (κ1) is 20.4. The average molecular weight is 389 g/mol. The van der Waals surface area contributed by atoms with Crippen LogP contribution in [0.15, 0.2) is 30.3 Å². The number of hydrogen-bond acceptors (Lipinski definition) is 5. The first-order valence-electron chi connectivity index (χ1n) is 9.46. The molecular weight excluding hydrogens is 361 g/mol. The lowest BCUT2D eigenvalue weighted by atomic mass is 10.0. The summed E-state index contributed by atoms with van der Waals surface area (Å²) in [6.45, 7) is 6.19. The van der Waals surface area contributed by atoms with E-state index in [1.165, 1.54) is 36.4 Å². The molecule has 2 aromatic carbocycles. The summed E-state index contributed by atoms with van der Waals surface area (Å²) in [4.78, 5) is 2.22. The van der Waals surface area contributed by atoms with E-state index >= 15 is 0 Å². The molecule has 0 unspecified atom stereocenters. The highest BCUT2D eigenvalue weighted by molar-refractivity contribution is 5.42. The van der Waals surface area contributed by atoms with Crippen LogP contribution in [0, 0.1) is 19.7 Å². The number of piperidine rings is 1. The van der Waals surface area contributed by atoms with Crippen molar-refractivity contribution in [1.29, 1.82) is 0 Å². The molecule has 28 heavy (non-hydrogen) atoms. The topological polar surface area (TPSA) is 51.2 Å². The molecule has 2 atom stereocenters. The molecule has 1 aliphatic rings. The number of aliphatic hydroxyl groups is 1. The number of ether oxygens (including phenoxy) is 3. The summed E-state index contributed by atoms with van der Waals surface area (Å²) in [5, 5.41) is 10.6.